The lowest BCUT2D eigenvalue weighted by Gasteiger charge is -2.11. The maximum absolute atomic E-state index is 5.99. The minimum atomic E-state index is 0.480. The zero-order valence-corrected chi connectivity index (χ0v) is 10.2. The van der Waals surface area contributed by atoms with E-state index in [2.05, 4.69) is 30.7 Å². The molecular weight excluding hydrogens is 212 g/mol. The molecule has 15 heavy (non-hydrogen) atoms. The molecule has 0 spiro atoms. The molecular formula is C11H17ClN2O. The van der Waals surface area contributed by atoms with Crippen LogP contribution in [0.5, 0.6) is 5.88 Å². The Bertz CT molecular complexity index is 315. The summed E-state index contributed by atoms with van der Waals surface area (Å²) < 4.78 is 5.60. The van der Waals surface area contributed by atoms with E-state index in [1.807, 2.05) is 0 Å². The Morgan fingerprint density at radius 1 is 1.40 bits per heavy atom. The number of hydrogen-bond donors (Lipinski definition) is 0. The van der Waals surface area contributed by atoms with Gasteiger partial charge in [0.1, 0.15) is 11.5 Å². The zero-order chi connectivity index (χ0) is 11.3. The van der Waals surface area contributed by atoms with E-state index < -0.39 is 0 Å². The fraction of sp³-hybridized carbons (Fsp3) is 0.636. The third-order valence-electron chi connectivity index (χ3n) is 1.91. The van der Waals surface area contributed by atoms with Crippen LogP contribution in [0.25, 0.3) is 0 Å². The molecule has 0 saturated heterocycles. The Morgan fingerprint density at radius 3 is 2.73 bits per heavy atom. The molecule has 0 aliphatic rings. The SMILES string of the molecule is CCCc1c(Cl)ncnc1OCC(C)C. The highest BCUT2D eigenvalue weighted by Crippen LogP contribution is 2.23. The van der Waals surface area contributed by atoms with Crippen molar-refractivity contribution in [2.45, 2.75) is 33.6 Å². The highest BCUT2D eigenvalue weighted by molar-refractivity contribution is 6.30. The van der Waals surface area contributed by atoms with E-state index in [1.54, 1.807) is 0 Å². The first kappa shape index (κ1) is 12.2. The van der Waals surface area contributed by atoms with Gasteiger partial charge in [-0.3, -0.25) is 0 Å². The van der Waals surface area contributed by atoms with Gasteiger partial charge in [-0.25, -0.2) is 9.97 Å². The van der Waals surface area contributed by atoms with Gasteiger partial charge in [-0.15, -0.1) is 0 Å². The molecule has 1 heterocycles. The van der Waals surface area contributed by atoms with Crippen LogP contribution < -0.4 is 4.74 Å². The molecule has 0 aliphatic carbocycles. The minimum absolute atomic E-state index is 0.480. The van der Waals surface area contributed by atoms with Crippen LogP contribution in [0.4, 0.5) is 0 Å². The first-order valence-electron chi connectivity index (χ1n) is 5.27. The highest BCUT2D eigenvalue weighted by atomic mass is 35.5. The molecule has 0 saturated carbocycles. The summed E-state index contributed by atoms with van der Waals surface area (Å²) >= 11 is 5.99. The van der Waals surface area contributed by atoms with Crippen LogP contribution in [0.1, 0.15) is 32.8 Å². The number of hydrogen-bond acceptors (Lipinski definition) is 3. The Kier molecular flexibility index (Phi) is 4.82. The number of aromatic nitrogens is 2. The predicted octanol–water partition coefficient (Wildman–Crippen LogP) is 3.12. The molecule has 0 aliphatic heterocycles. The fourth-order valence-corrected chi connectivity index (χ4v) is 1.43. The minimum Gasteiger partial charge on any atom is -0.477 e. The van der Waals surface area contributed by atoms with Gasteiger partial charge in [0, 0.05) is 0 Å². The smallest absolute Gasteiger partial charge is 0.221 e. The quantitative estimate of drug-likeness (QED) is 0.727. The maximum atomic E-state index is 5.99. The standard InChI is InChI=1S/C11H17ClN2O/c1-4-5-9-10(12)13-7-14-11(9)15-6-8(2)3/h7-8H,4-6H2,1-3H3. The number of nitrogens with zero attached hydrogens (tertiary/aromatic N) is 2. The first-order valence-corrected chi connectivity index (χ1v) is 5.65. The molecule has 0 radical (unpaired) electrons. The lowest BCUT2D eigenvalue weighted by Crippen LogP contribution is -2.08. The maximum Gasteiger partial charge on any atom is 0.221 e. The normalized spacial score (nSPS) is 10.7. The zero-order valence-electron chi connectivity index (χ0n) is 9.46. The molecule has 0 aromatic carbocycles. The van der Waals surface area contributed by atoms with Gasteiger partial charge in [-0.05, 0) is 12.3 Å². The first-order chi connectivity index (χ1) is 7.15. The largest absolute Gasteiger partial charge is 0.477 e. The van der Waals surface area contributed by atoms with Crippen LogP contribution in [-0.4, -0.2) is 16.6 Å². The van der Waals surface area contributed by atoms with E-state index in [4.69, 9.17) is 16.3 Å². The van der Waals surface area contributed by atoms with Gasteiger partial charge in [0.05, 0.1) is 12.2 Å². The van der Waals surface area contributed by atoms with E-state index in [0.717, 1.165) is 18.4 Å². The van der Waals surface area contributed by atoms with Gasteiger partial charge in [-0.2, -0.15) is 0 Å². The van der Waals surface area contributed by atoms with Crippen molar-refractivity contribution >= 4 is 11.6 Å². The summed E-state index contributed by atoms with van der Waals surface area (Å²) in [6.07, 6.45) is 3.30. The fourth-order valence-electron chi connectivity index (χ4n) is 1.21. The van der Waals surface area contributed by atoms with Crippen molar-refractivity contribution in [3.63, 3.8) is 0 Å². The topological polar surface area (TPSA) is 35.0 Å². The predicted molar refractivity (Wildman–Crippen MR) is 61.4 cm³/mol. The van der Waals surface area contributed by atoms with E-state index >= 15 is 0 Å². The summed E-state index contributed by atoms with van der Waals surface area (Å²) in [6, 6.07) is 0. The summed E-state index contributed by atoms with van der Waals surface area (Å²) in [4.78, 5) is 8.07. The molecule has 0 bridgehead atoms. The van der Waals surface area contributed by atoms with Crippen molar-refractivity contribution in [1.82, 2.24) is 9.97 Å². The Hall–Kier alpha value is -0.830. The number of rotatable bonds is 5. The van der Waals surface area contributed by atoms with Crippen molar-refractivity contribution in [1.29, 1.82) is 0 Å². The van der Waals surface area contributed by atoms with E-state index in [0.29, 0.717) is 23.6 Å². The monoisotopic (exact) mass is 228 g/mol. The molecule has 4 heteroatoms. The number of ether oxygens (including phenoxy) is 1. The van der Waals surface area contributed by atoms with Crippen molar-refractivity contribution in [2.75, 3.05) is 6.61 Å². The van der Waals surface area contributed by atoms with Gasteiger partial charge in [0.25, 0.3) is 0 Å². The van der Waals surface area contributed by atoms with E-state index in [9.17, 15) is 0 Å². The van der Waals surface area contributed by atoms with E-state index in [1.165, 1.54) is 6.33 Å². The number of halogens is 1. The van der Waals surface area contributed by atoms with Crippen LogP contribution in [-0.2, 0) is 6.42 Å². The summed E-state index contributed by atoms with van der Waals surface area (Å²) in [5.74, 6) is 1.11. The van der Waals surface area contributed by atoms with Crippen molar-refractivity contribution in [2.24, 2.45) is 5.92 Å². The van der Waals surface area contributed by atoms with Crippen molar-refractivity contribution < 1.29 is 4.74 Å². The van der Waals surface area contributed by atoms with Crippen LogP contribution >= 0.6 is 11.6 Å². The van der Waals surface area contributed by atoms with Crippen LogP contribution in [0.3, 0.4) is 0 Å². The summed E-state index contributed by atoms with van der Waals surface area (Å²) in [7, 11) is 0. The molecule has 0 atom stereocenters. The Labute approximate surface area is 95.8 Å². The highest BCUT2D eigenvalue weighted by Gasteiger charge is 2.10. The third-order valence-corrected chi connectivity index (χ3v) is 2.23. The molecule has 1 rings (SSSR count). The van der Waals surface area contributed by atoms with Crippen molar-refractivity contribution in [3.8, 4) is 5.88 Å². The molecule has 1 aromatic rings. The summed E-state index contributed by atoms with van der Waals surface area (Å²) in [5.41, 5.74) is 0.919. The third kappa shape index (κ3) is 3.67. The molecule has 84 valence electrons. The average Bonchev–Trinajstić information content (AvgIpc) is 2.19. The van der Waals surface area contributed by atoms with Gasteiger partial charge in [0.2, 0.25) is 5.88 Å². The molecule has 1 aromatic heterocycles. The summed E-state index contributed by atoms with van der Waals surface area (Å²) in [6.45, 7) is 6.95. The lowest BCUT2D eigenvalue weighted by atomic mass is 10.2. The van der Waals surface area contributed by atoms with Gasteiger partial charge in [-0.1, -0.05) is 38.8 Å². The Morgan fingerprint density at radius 2 is 2.13 bits per heavy atom. The van der Waals surface area contributed by atoms with Crippen molar-refractivity contribution in [3.05, 3.63) is 17.0 Å². The lowest BCUT2D eigenvalue weighted by molar-refractivity contribution is 0.258. The van der Waals surface area contributed by atoms with Crippen LogP contribution in [0.2, 0.25) is 5.15 Å². The van der Waals surface area contributed by atoms with E-state index in [-0.39, 0.29) is 0 Å². The van der Waals surface area contributed by atoms with Gasteiger partial charge in [0.15, 0.2) is 0 Å². The summed E-state index contributed by atoms with van der Waals surface area (Å²) in [5, 5.41) is 0.505. The second kappa shape index (κ2) is 5.91. The second-order valence-electron chi connectivity index (χ2n) is 3.90. The molecule has 0 fully saturated rings. The molecule has 0 unspecified atom stereocenters. The van der Waals surface area contributed by atoms with Crippen LogP contribution in [0, 0.1) is 5.92 Å². The van der Waals surface area contributed by atoms with Gasteiger partial charge < -0.3 is 4.74 Å². The Balaban J connectivity index is 2.80. The molecule has 3 nitrogen and oxygen atoms in total. The average molecular weight is 229 g/mol. The van der Waals surface area contributed by atoms with Gasteiger partial charge >= 0.3 is 0 Å². The molecule has 0 amide bonds. The van der Waals surface area contributed by atoms with Crippen LogP contribution in [0.15, 0.2) is 6.33 Å². The molecule has 0 N–H and O–H groups in total. The second-order valence-corrected chi connectivity index (χ2v) is 4.26.